The first kappa shape index (κ1) is 23.8. The highest BCUT2D eigenvalue weighted by atomic mass is 32.2. The van der Waals surface area contributed by atoms with Crippen LogP contribution in [-0.2, 0) is 22.9 Å². The van der Waals surface area contributed by atoms with Crippen LogP contribution in [0.3, 0.4) is 0 Å². The molecule has 0 radical (unpaired) electrons. The maximum atomic E-state index is 13.0. The number of aromatic hydroxyl groups is 3. The van der Waals surface area contributed by atoms with Crippen LogP contribution in [0.15, 0.2) is 75.8 Å². The molecule has 1 aliphatic rings. The van der Waals surface area contributed by atoms with E-state index < -0.39 is 15.9 Å². The highest BCUT2D eigenvalue weighted by Crippen LogP contribution is 2.41. The quantitative estimate of drug-likeness (QED) is 0.227. The minimum Gasteiger partial charge on any atom is -0.508 e. The number of nitrogens with zero attached hydrogens (tertiary/aromatic N) is 2. The number of azo groups is 1. The van der Waals surface area contributed by atoms with Gasteiger partial charge in [0.2, 0.25) is 0 Å². The van der Waals surface area contributed by atoms with Crippen molar-refractivity contribution in [3.63, 3.8) is 0 Å². The second-order valence-corrected chi connectivity index (χ2v) is 9.34. The molecule has 0 heterocycles. The summed E-state index contributed by atoms with van der Waals surface area (Å²) in [7, 11) is -2.52. The lowest BCUT2D eigenvalue weighted by Gasteiger charge is -2.20. The zero-order valence-corrected chi connectivity index (χ0v) is 19.3. The van der Waals surface area contributed by atoms with Gasteiger partial charge in [-0.15, -0.1) is 10.2 Å². The van der Waals surface area contributed by atoms with Crippen LogP contribution in [0.2, 0.25) is 0 Å². The zero-order valence-electron chi connectivity index (χ0n) is 18.5. The van der Waals surface area contributed by atoms with Gasteiger partial charge in [-0.2, -0.15) is 0 Å². The molecule has 0 unspecified atom stereocenters. The van der Waals surface area contributed by atoms with E-state index >= 15 is 0 Å². The maximum absolute atomic E-state index is 13.0. The van der Waals surface area contributed by atoms with Gasteiger partial charge in [0.1, 0.15) is 28.7 Å². The van der Waals surface area contributed by atoms with E-state index in [1.165, 1.54) is 37.4 Å². The highest BCUT2D eigenvalue weighted by Gasteiger charge is 2.23. The molecule has 10 nitrogen and oxygen atoms in total. The number of rotatable bonds is 6. The second kappa shape index (κ2) is 9.47. The number of anilines is 1. The summed E-state index contributed by atoms with van der Waals surface area (Å²) in [6.45, 7) is 0. The van der Waals surface area contributed by atoms with Gasteiger partial charge in [0.05, 0.1) is 23.3 Å². The fourth-order valence-corrected chi connectivity index (χ4v) is 4.69. The third kappa shape index (κ3) is 5.09. The van der Waals surface area contributed by atoms with E-state index in [4.69, 9.17) is 4.74 Å². The summed E-state index contributed by atoms with van der Waals surface area (Å²) in [5.41, 5.74) is 0.981. The lowest BCUT2D eigenvalue weighted by atomic mass is 9.93. The Bertz CT molecular complexity index is 1440. The molecule has 180 valence electrons. The van der Waals surface area contributed by atoms with Gasteiger partial charge in [0.25, 0.3) is 15.9 Å². The lowest BCUT2D eigenvalue weighted by molar-refractivity contribution is 0.0994. The minimum absolute atomic E-state index is 0.00789. The van der Waals surface area contributed by atoms with Gasteiger partial charge in [0, 0.05) is 11.6 Å². The molecule has 0 saturated heterocycles. The molecule has 0 aromatic heterocycles. The van der Waals surface area contributed by atoms with E-state index in [1.807, 2.05) is 12.2 Å². The summed E-state index contributed by atoms with van der Waals surface area (Å²) >= 11 is 0. The van der Waals surface area contributed by atoms with Crippen LogP contribution in [0.1, 0.15) is 21.5 Å². The van der Waals surface area contributed by atoms with Crippen LogP contribution in [0, 0.1) is 0 Å². The van der Waals surface area contributed by atoms with Gasteiger partial charge in [0.15, 0.2) is 0 Å². The third-order valence-corrected chi connectivity index (χ3v) is 6.70. The van der Waals surface area contributed by atoms with E-state index in [0.717, 1.165) is 18.2 Å². The lowest BCUT2D eigenvalue weighted by Crippen LogP contribution is -2.15. The molecule has 11 heteroatoms. The summed E-state index contributed by atoms with van der Waals surface area (Å²) in [6.07, 6.45) is 4.38. The van der Waals surface area contributed by atoms with E-state index in [-0.39, 0.29) is 39.1 Å². The van der Waals surface area contributed by atoms with Gasteiger partial charge < -0.3 is 20.1 Å². The highest BCUT2D eigenvalue weighted by molar-refractivity contribution is 7.92. The molecular weight excluding hydrogens is 474 g/mol. The van der Waals surface area contributed by atoms with Gasteiger partial charge >= 0.3 is 0 Å². The zero-order chi connectivity index (χ0) is 25.2. The molecule has 0 spiro atoms. The number of carbonyl (C=O) groups is 1. The number of phenolic OH excluding ortho intramolecular Hbond substituents is 3. The number of hydrogen-bond donors (Lipinski definition) is 4. The standard InChI is InChI=1S/C24H21N3O7S/c1-34-17-6-8-18(9-7-17)35(32,33)27-21-13-22(23(30)20-5-3-2-4-19(20)21)25-26-24(31)14-10-15(28)12-16(29)11-14/h2-3,6-13,27-30H,4-5H2,1H3. The second-order valence-electron chi connectivity index (χ2n) is 7.65. The van der Waals surface area contributed by atoms with Crippen LogP contribution in [0.25, 0.3) is 0 Å². The Kier molecular flexibility index (Phi) is 6.43. The van der Waals surface area contributed by atoms with Crippen molar-refractivity contribution in [1.82, 2.24) is 0 Å². The average Bonchev–Trinajstić information content (AvgIpc) is 2.84. The van der Waals surface area contributed by atoms with Crippen molar-refractivity contribution >= 4 is 27.3 Å². The molecule has 0 saturated carbocycles. The number of nitrogens with one attached hydrogen (secondary N) is 1. The summed E-state index contributed by atoms with van der Waals surface area (Å²) in [4.78, 5) is 12.4. The molecule has 1 aliphatic carbocycles. The van der Waals surface area contributed by atoms with Crippen LogP contribution >= 0.6 is 0 Å². The Morgan fingerprint density at radius 2 is 1.57 bits per heavy atom. The van der Waals surface area contributed by atoms with Crippen LogP contribution in [0.4, 0.5) is 11.4 Å². The predicted molar refractivity (Wildman–Crippen MR) is 127 cm³/mol. The monoisotopic (exact) mass is 495 g/mol. The van der Waals surface area contributed by atoms with Crippen molar-refractivity contribution in [3.05, 3.63) is 77.4 Å². The Hall–Kier alpha value is -4.38. The van der Waals surface area contributed by atoms with Crippen molar-refractivity contribution in [1.29, 1.82) is 0 Å². The normalized spacial score (nSPS) is 12.9. The molecule has 4 rings (SSSR count). The van der Waals surface area contributed by atoms with Crippen molar-refractivity contribution in [2.75, 3.05) is 11.8 Å². The molecule has 0 aliphatic heterocycles. The first-order valence-electron chi connectivity index (χ1n) is 10.4. The summed E-state index contributed by atoms with van der Waals surface area (Å²) < 4.78 is 33.6. The Labute approximate surface area is 200 Å². The molecule has 4 N–H and O–H groups in total. The number of methoxy groups -OCH3 is 1. The first-order valence-corrected chi connectivity index (χ1v) is 11.8. The fourth-order valence-electron chi connectivity index (χ4n) is 3.61. The molecule has 3 aromatic carbocycles. The number of sulfonamides is 1. The summed E-state index contributed by atoms with van der Waals surface area (Å²) in [5, 5.41) is 37.3. The van der Waals surface area contributed by atoms with Gasteiger partial charge in [-0.25, -0.2) is 8.42 Å². The van der Waals surface area contributed by atoms with Gasteiger partial charge in [-0.05, 0) is 60.9 Å². The number of fused-ring (bicyclic) bond motifs is 1. The minimum atomic E-state index is -3.99. The number of carbonyl (C=O) groups excluding carboxylic acids is 1. The number of phenols is 3. The van der Waals surface area contributed by atoms with Gasteiger partial charge in [-0.1, -0.05) is 12.2 Å². The number of amides is 1. The SMILES string of the molecule is COc1ccc(S(=O)(=O)Nc2cc(N=NC(=O)c3cc(O)cc(O)c3)c(O)c3c2CC=CC3)cc1. The Balaban J connectivity index is 1.70. The molecule has 0 fully saturated rings. The largest absolute Gasteiger partial charge is 0.508 e. The predicted octanol–water partition coefficient (Wildman–Crippen LogP) is 4.19. The average molecular weight is 496 g/mol. The van der Waals surface area contributed by atoms with E-state index in [9.17, 15) is 28.5 Å². The van der Waals surface area contributed by atoms with Crippen LogP contribution in [0.5, 0.6) is 23.0 Å². The van der Waals surface area contributed by atoms with Gasteiger partial charge in [-0.3, -0.25) is 9.52 Å². The van der Waals surface area contributed by atoms with Crippen molar-refractivity contribution in [2.24, 2.45) is 10.2 Å². The molecule has 0 bridgehead atoms. The first-order chi connectivity index (χ1) is 16.7. The maximum Gasteiger partial charge on any atom is 0.295 e. The molecule has 35 heavy (non-hydrogen) atoms. The van der Waals surface area contributed by atoms with Crippen LogP contribution < -0.4 is 9.46 Å². The third-order valence-electron chi connectivity index (χ3n) is 5.32. The van der Waals surface area contributed by atoms with Crippen LogP contribution in [-0.4, -0.2) is 36.8 Å². The summed E-state index contributed by atoms with van der Waals surface area (Å²) in [5.74, 6) is -1.27. The number of ether oxygens (including phenoxy) is 1. The fraction of sp³-hybridized carbons (Fsp3) is 0.125. The molecular formula is C24H21N3O7S. The van der Waals surface area contributed by atoms with Crippen molar-refractivity contribution < 1.29 is 33.3 Å². The van der Waals surface area contributed by atoms with E-state index in [1.54, 1.807) is 0 Å². The molecule has 3 aromatic rings. The Morgan fingerprint density at radius 1 is 0.943 bits per heavy atom. The Morgan fingerprint density at radius 3 is 2.20 bits per heavy atom. The van der Waals surface area contributed by atoms with E-state index in [0.29, 0.717) is 29.7 Å². The molecule has 1 amide bonds. The summed E-state index contributed by atoms with van der Waals surface area (Å²) in [6, 6.07) is 10.4. The number of allylic oxidation sites excluding steroid dienone is 2. The molecule has 0 atom stereocenters. The number of benzene rings is 3. The van der Waals surface area contributed by atoms with Crippen molar-refractivity contribution in [2.45, 2.75) is 17.7 Å². The number of hydrogen-bond acceptors (Lipinski definition) is 8. The topological polar surface area (TPSA) is 158 Å². The van der Waals surface area contributed by atoms with Crippen molar-refractivity contribution in [3.8, 4) is 23.0 Å². The smallest absolute Gasteiger partial charge is 0.295 e. The van der Waals surface area contributed by atoms with E-state index in [2.05, 4.69) is 15.0 Å².